The average molecular weight is 356 g/mol. The van der Waals surface area contributed by atoms with Crippen LogP contribution in [0.2, 0.25) is 0 Å². The van der Waals surface area contributed by atoms with Crippen LogP contribution in [0, 0.1) is 0 Å². The van der Waals surface area contributed by atoms with Crippen LogP contribution < -0.4 is 10.2 Å². The number of nitrogens with zero attached hydrogens (tertiary/aromatic N) is 1. The molecule has 0 unspecified atom stereocenters. The van der Waals surface area contributed by atoms with Crippen molar-refractivity contribution in [1.29, 1.82) is 0 Å². The molecule has 3 N–H and O–H groups in total. The van der Waals surface area contributed by atoms with Crippen molar-refractivity contribution in [3.8, 4) is 0 Å². The number of aliphatic carboxylic acids is 1. The van der Waals surface area contributed by atoms with Gasteiger partial charge in [-0.25, -0.2) is 4.79 Å². The number of benzene rings is 2. The topological polar surface area (TPSA) is 89.9 Å². The molecule has 6 heteroatoms. The van der Waals surface area contributed by atoms with E-state index in [2.05, 4.69) is 36.5 Å². The summed E-state index contributed by atoms with van der Waals surface area (Å²) < 4.78 is 0. The number of rotatable bonds is 5. The molecular formula is C20H24N2O4. The molecule has 1 amide bonds. The van der Waals surface area contributed by atoms with Crippen molar-refractivity contribution < 1.29 is 19.8 Å². The van der Waals surface area contributed by atoms with Gasteiger partial charge in [-0.05, 0) is 24.2 Å². The highest BCUT2D eigenvalue weighted by Crippen LogP contribution is 2.28. The number of anilines is 1. The van der Waals surface area contributed by atoms with Crippen molar-refractivity contribution in [2.24, 2.45) is 0 Å². The number of carbonyl (C=O) groups excluding carboxylic acids is 1. The zero-order valence-electron chi connectivity index (χ0n) is 14.8. The molecule has 0 aliphatic carbocycles. The quantitative estimate of drug-likeness (QED) is 0.713. The molecule has 0 bridgehead atoms. The Morgan fingerprint density at radius 3 is 2.19 bits per heavy atom. The third kappa shape index (κ3) is 4.68. The summed E-state index contributed by atoms with van der Waals surface area (Å²) in [4.78, 5) is 23.9. The van der Waals surface area contributed by atoms with Gasteiger partial charge < -0.3 is 20.4 Å². The number of carboxylic acid groups (broad SMARTS) is 1. The van der Waals surface area contributed by atoms with Crippen molar-refractivity contribution >= 4 is 17.6 Å². The number of carbonyl (C=O) groups is 2. The van der Waals surface area contributed by atoms with Gasteiger partial charge in [-0.1, -0.05) is 55.5 Å². The summed E-state index contributed by atoms with van der Waals surface area (Å²) in [6, 6.07) is 19.1. The summed E-state index contributed by atoms with van der Waals surface area (Å²) in [5.41, 5.74) is -0.315. The summed E-state index contributed by atoms with van der Waals surface area (Å²) >= 11 is 0. The number of nitrogens with one attached hydrogen (secondary N) is 1. The minimum atomic E-state index is -2.27. The molecule has 1 aliphatic rings. The highest BCUT2D eigenvalue weighted by molar-refractivity contribution is 6.14. The lowest BCUT2D eigenvalue weighted by atomic mass is 10.0. The molecule has 0 aromatic heterocycles. The lowest BCUT2D eigenvalue weighted by Gasteiger charge is -2.18. The molecule has 0 saturated carbocycles. The van der Waals surface area contributed by atoms with Gasteiger partial charge in [-0.2, -0.15) is 0 Å². The fraction of sp³-hybridized carbons (Fsp3) is 0.300. The number of carboxylic acids is 1. The van der Waals surface area contributed by atoms with Gasteiger partial charge in [0, 0.05) is 25.2 Å². The molecular weight excluding hydrogens is 332 g/mol. The lowest BCUT2D eigenvalue weighted by Crippen LogP contribution is -2.46. The fourth-order valence-corrected chi connectivity index (χ4v) is 2.62. The zero-order valence-corrected chi connectivity index (χ0v) is 14.8. The predicted octanol–water partition coefficient (Wildman–Crippen LogP) is 2.04. The molecule has 1 aliphatic heterocycles. The van der Waals surface area contributed by atoms with Crippen LogP contribution in [-0.4, -0.2) is 40.8 Å². The predicted molar refractivity (Wildman–Crippen MR) is 99.8 cm³/mol. The third-order valence-electron chi connectivity index (χ3n) is 4.14. The third-order valence-corrected chi connectivity index (χ3v) is 4.14. The molecule has 26 heavy (non-hydrogen) atoms. The smallest absolute Gasteiger partial charge is 0.345 e. The van der Waals surface area contributed by atoms with Crippen LogP contribution in [-0.2, 0) is 16.1 Å². The first-order valence-corrected chi connectivity index (χ1v) is 8.56. The molecule has 1 fully saturated rings. The van der Waals surface area contributed by atoms with E-state index in [0.717, 1.165) is 13.1 Å². The van der Waals surface area contributed by atoms with E-state index in [1.165, 1.54) is 10.5 Å². The molecule has 2 aromatic rings. The minimum Gasteiger partial charge on any atom is -0.479 e. The van der Waals surface area contributed by atoms with E-state index in [-0.39, 0.29) is 13.0 Å². The Morgan fingerprint density at radius 1 is 1.12 bits per heavy atom. The van der Waals surface area contributed by atoms with Crippen LogP contribution in [0.1, 0.15) is 18.9 Å². The van der Waals surface area contributed by atoms with Gasteiger partial charge in [0.05, 0.1) is 0 Å². The van der Waals surface area contributed by atoms with Crippen LogP contribution >= 0.6 is 0 Å². The van der Waals surface area contributed by atoms with Gasteiger partial charge in [0.25, 0.3) is 5.91 Å². The number of para-hydroxylation sites is 1. The average Bonchev–Trinajstić information content (AvgIpc) is 2.98. The van der Waals surface area contributed by atoms with Gasteiger partial charge in [0.15, 0.2) is 0 Å². The van der Waals surface area contributed by atoms with E-state index < -0.39 is 17.5 Å². The Morgan fingerprint density at radius 2 is 1.69 bits per heavy atom. The monoisotopic (exact) mass is 356 g/mol. The molecule has 6 nitrogen and oxygen atoms in total. The van der Waals surface area contributed by atoms with Crippen molar-refractivity contribution in [3.63, 3.8) is 0 Å². The molecule has 0 spiro atoms. The summed E-state index contributed by atoms with van der Waals surface area (Å²) in [5, 5.41) is 21.8. The van der Waals surface area contributed by atoms with Crippen LogP contribution in [0.3, 0.4) is 0 Å². The first kappa shape index (κ1) is 19.6. The molecule has 138 valence electrons. The second-order valence-electron chi connectivity index (χ2n) is 5.97. The molecule has 1 saturated heterocycles. The van der Waals surface area contributed by atoms with Crippen molar-refractivity contribution in [2.75, 3.05) is 18.0 Å². The van der Waals surface area contributed by atoms with Crippen molar-refractivity contribution in [3.05, 3.63) is 66.2 Å². The first-order chi connectivity index (χ1) is 12.5. The van der Waals surface area contributed by atoms with E-state index >= 15 is 0 Å². The Bertz CT molecular complexity index is 721. The Balaban J connectivity index is 0.000000209. The number of aliphatic hydroxyl groups is 1. The standard InChI is InChI=1S/C11H11NO4.C9H13N/c13-9-11(16,10(14)15)6-7-12(9)8-4-2-1-3-5-8;1-2-10-8-9-6-4-3-5-7-9/h1-5,16H,6-7H2,(H,14,15);3-7,10H,2,8H2,1H3/t11-;/m0./s1. The van der Waals surface area contributed by atoms with Crippen molar-refractivity contribution in [1.82, 2.24) is 5.32 Å². The van der Waals surface area contributed by atoms with Gasteiger partial charge >= 0.3 is 5.97 Å². The maximum atomic E-state index is 11.8. The Labute approximate surface area is 153 Å². The van der Waals surface area contributed by atoms with Gasteiger partial charge in [-0.3, -0.25) is 4.79 Å². The SMILES string of the molecule is CCNCc1ccccc1.O=C(O)[C@]1(O)CCN(c2ccccc2)C1=O. The second kappa shape index (κ2) is 9.12. The molecule has 3 rings (SSSR count). The number of amides is 1. The van der Waals surface area contributed by atoms with E-state index in [0.29, 0.717) is 5.69 Å². The van der Waals surface area contributed by atoms with Gasteiger partial charge in [0.2, 0.25) is 5.60 Å². The van der Waals surface area contributed by atoms with E-state index in [4.69, 9.17) is 5.11 Å². The largest absolute Gasteiger partial charge is 0.479 e. The maximum absolute atomic E-state index is 11.8. The van der Waals surface area contributed by atoms with E-state index in [1.807, 2.05) is 6.07 Å². The van der Waals surface area contributed by atoms with E-state index in [9.17, 15) is 14.7 Å². The summed E-state index contributed by atoms with van der Waals surface area (Å²) in [6.45, 7) is 4.35. The maximum Gasteiger partial charge on any atom is 0.345 e. The Hall–Kier alpha value is -2.70. The second-order valence-corrected chi connectivity index (χ2v) is 5.97. The summed E-state index contributed by atoms with van der Waals surface area (Å²) in [7, 11) is 0. The first-order valence-electron chi connectivity index (χ1n) is 8.56. The molecule has 0 radical (unpaired) electrons. The van der Waals surface area contributed by atoms with Crippen molar-refractivity contribution in [2.45, 2.75) is 25.5 Å². The van der Waals surface area contributed by atoms with Crippen LogP contribution in [0.4, 0.5) is 5.69 Å². The fourth-order valence-electron chi connectivity index (χ4n) is 2.62. The summed E-state index contributed by atoms with van der Waals surface area (Å²) in [6.07, 6.45) is -0.0872. The normalized spacial score (nSPS) is 19.0. The molecule has 2 aromatic carbocycles. The molecule has 1 atom stereocenters. The number of hydrogen-bond acceptors (Lipinski definition) is 4. The van der Waals surface area contributed by atoms with Crippen LogP contribution in [0.15, 0.2) is 60.7 Å². The minimum absolute atomic E-state index is 0.0872. The highest BCUT2D eigenvalue weighted by Gasteiger charge is 2.52. The Kier molecular flexibility index (Phi) is 6.89. The molecule has 1 heterocycles. The number of hydrogen-bond donors (Lipinski definition) is 3. The van der Waals surface area contributed by atoms with Crippen LogP contribution in [0.25, 0.3) is 0 Å². The zero-order chi connectivity index (χ0) is 19.0. The van der Waals surface area contributed by atoms with Gasteiger partial charge in [0.1, 0.15) is 0 Å². The lowest BCUT2D eigenvalue weighted by molar-refractivity contribution is -0.162. The highest BCUT2D eigenvalue weighted by atomic mass is 16.4. The van der Waals surface area contributed by atoms with Crippen LogP contribution in [0.5, 0.6) is 0 Å². The summed E-state index contributed by atoms with van der Waals surface area (Å²) in [5.74, 6) is -2.26. The van der Waals surface area contributed by atoms with E-state index in [1.54, 1.807) is 30.3 Å². The van der Waals surface area contributed by atoms with Gasteiger partial charge in [-0.15, -0.1) is 0 Å².